The summed E-state index contributed by atoms with van der Waals surface area (Å²) in [7, 11) is 0. The number of para-hydroxylation sites is 1. The van der Waals surface area contributed by atoms with E-state index >= 15 is 0 Å². The third kappa shape index (κ3) is 2.74. The average Bonchev–Trinajstić information content (AvgIpc) is 2.46. The highest BCUT2D eigenvalue weighted by Crippen LogP contribution is 2.32. The second-order valence-electron chi connectivity index (χ2n) is 4.61. The number of nitrogens with one attached hydrogen (secondary N) is 1. The molecule has 1 heterocycles. The summed E-state index contributed by atoms with van der Waals surface area (Å²) in [6, 6.07) is 7.95. The van der Waals surface area contributed by atoms with E-state index in [4.69, 9.17) is 4.74 Å². The summed E-state index contributed by atoms with van der Waals surface area (Å²) >= 11 is 0. The fourth-order valence-corrected chi connectivity index (χ4v) is 2.14. The van der Waals surface area contributed by atoms with Crippen LogP contribution >= 0.6 is 0 Å². The van der Waals surface area contributed by atoms with Crippen molar-refractivity contribution in [2.45, 2.75) is 27.7 Å². The van der Waals surface area contributed by atoms with E-state index in [9.17, 15) is 0 Å². The Bertz CT molecular complexity index is 596. The van der Waals surface area contributed by atoms with Crippen LogP contribution in [-0.2, 0) is 0 Å². The van der Waals surface area contributed by atoms with Gasteiger partial charge in [0.1, 0.15) is 5.75 Å². The Morgan fingerprint density at radius 3 is 2.50 bits per heavy atom. The van der Waals surface area contributed by atoms with Crippen LogP contribution < -0.4 is 10.1 Å². The zero-order chi connectivity index (χ0) is 14.5. The molecule has 20 heavy (non-hydrogen) atoms. The zero-order valence-corrected chi connectivity index (χ0v) is 12.5. The van der Waals surface area contributed by atoms with Gasteiger partial charge < -0.3 is 10.1 Å². The summed E-state index contributed by atoms with van der Waals surface area (Å²) in [4.78, 5) is 0. The maximum atomic E-state index is 5.68. The van der Waals surface area contributed by atoms with Crippen molar-refractivity contribution in [2.24, 2.45) is 0 Å². The van der Waals surface area contributed by atoms with Crippen molar-refractivity contribution in [3.63, 3.8) is 0 Å². The van der Waals surface area contributed by atoms with Crippen LogP contribution in [0.25, 0.3) is 11.3 Å². The lowest BCUT2D eigenvalue weighted by molar-refractivity contribution is 0.341. The fraction of sp³-hybridized carbons (Fsp3) is 0.375. The Morgan fingerprint density at radius 1 is 1.05 bits per heavy atom. The highest BCUT2D eigenvalue weighted by atomic mass is 16.5. The van der Waals surface area contributed by atoms with Crippen molar-refractivity contribution in [1.82, 2.24) is 10.2 Å². The van der Waals surface area contributed by atoms with Gasteiger partial charge in [0.15, 0.2) is 5.82 Å². The first-order chi connectivity index (χ1) is 9.69. The first-order valence-corrected chi connectivity index (χ1v) is 6.99. The van der Waals surface area contributed by atoms with Gasteiger partial charge in [-0.2, -0.15) is 0 Å². The van der Waals surface area contributed by atoms with Crippen molar-refractivity contribution in [3.8, 4) is 17.0 Å². The van der Waals surface area contributed by atoms with Gasteiger partial charge in [-0.05, 0) is 51.0 Å². The largest absolute Gasteiger partial charge is 0.493 e. The van der Waals surface area contributed by atoms with Gasteiger partial charge in [0.05, 0.1) is 12.3 Å². The van der Waals surface area contributed by atoms with Crippen molar-refractivity contribution in [1.29, 1.82) is 0 Å². The first-order valence-electron chi connectivity index (χ1n) is 6.99. The van der Waals surface area contributed by atoms with Gasteiger partial charge in [-0.15, -0.1) is 10.2 Å². The first kappa shape index (κ1) is 14.3. The van der Waals surface area contributed by atoms with E-state index in [0.717, 1.165) is 40.5 Å². The molecule has 1 N–H and O–H groups in total. The summed E-state index contributed by atoms with van der Waals surface area (Å²) in [5.41, 5.74) is 4.13. The maximum Gasteiger partial charge on any atom is 0.151 e. The van der Waals surface area contributed by atoms with Gasteiger partial charge in [0.2, 0.25) is 0 Å². The van der Waals surface area contributed by atoms with Gasteiger partial charge in [0, 0.05) is 12.1 Å². The molecular formula is C16H21N3O. The Morgan fingerprint density at radius 2 is 1.80 bits per heavy atom. The van der Waals surface area contributed by atoms with Crippen LogP contribution in [0.15, 0.2) is 24.3 Å². The molecule has 1 aromatic heterocycles. The molecular weight excluding hydrogens is 250 g/mol. The van der Waals surface area contributed by atoms with E-state index in [2.05, 4.69) is 36.3 Å². The predicted molar refractivity (Wildman–Crippen MR) is 82.3 cm³/mol. The molecule has 2 aromatic rings. The summed E-state index contributed by atoms with van der Waals surface area (Å²) in [6.45, 7) is 9.64. The smallest absolute Gasteiger partial charge is 0.151 e. The SMILES string of the molecule is CCNc1nnc(-c2ccccc2OCC)c(C)c1C. The van der Waals surface area contributed by atoms with E-state index < -0.39 is 0 Å². The minimum atomic E-state index is 0.637. The van der Waals surface area contributed by atoms with E-state index in [0.29, 0.717) is 6.61 Å². The number of hydrogen-bond acceptors (Lipinski definition) is 4. The van der Waals surface area contributed by atoms with Crippen LogP contribution in [0.2, 0.25) is 0 Å². The van der Waals surface area contributed by atoms with Gasteiger partial charge in [0.25, 0.3) is 0 Å². The molecule has 4 heteroatoms. The molecule has 0 spiro atoms. The molecule has 0 amide bonds. The standard InChI is InChI=1S/C16H21N3O/c1-5-17-16-12(4)11(3)15(18-19-16)13-9-7-8-10-14(13)20-6-2/h7-10H,5-6H2,1-4H3,(H,17,19). The lowest BCUT2D eigenvalue weighted by Crippen LogP contribution is -2.06. The lowest BCUT2D eigenvalue weighted by Gasteiger charge is -2.14. The number of aromatic nitrogens is 2. The number of ether oxygens (including phenoxy) is 1. The van der Waals surface area contributed by atoms with Gasteiger partial charge in [-0.3, -0.25) is 0 Å². The summed E-state index contributed by atoms with van der Waals surface area (Å²) in [6.07, 6.45) is 0. The summed E-state index contributed by atoms with van der Waals surface area (Å²) < 4.78 is 5.68. The lowest BCUT2D eigenvalue weighted by atomic mass is 10.0. The van der Waals surface area contributed by atoms with E-state index in [1.807, 2.05) is 31.2 Å². The number of hydrogen-bond donors (Lipinski definition) is 1. The zero-order valence-electron chi connectivity index (χ0n) is 12.5. The third-order valence-electron chi connectivity index (χ3n) is 3.31. The van der Waals surface area contributed by atoms with Crippen LogP contribution in [0.4, 0.5) is 5.82 Å². The number of nitrogens with zero attached hydrogens (tertiary/aromatic N) is 2. The second kappa shape index (κ2) is 6.37. The Labute approximate surface area is 120 Å². The van der Waals surface area contributed by atoms with Crippen molar-refractivity contribution in [3.05, 3.63) is 35.4 Å². The quantitative estimate of drug-likeness (QED) is 0.902. The molecule has 0 fully saturated rings. The summed E-state index contributed by atoms with van der Waals surface area (Å²) in [5, 5.41) is 11.9. The van der Waals surface area contributed by atoms with Crippen LogP contribution in [0.1, 0.15) is 25.0 Å². The van der Waals surface area contributed by atoms with Crippen molar-refractivity contribution >= 4 is 5.82 Å². The average molecular weight is 271 g/mol. The molecule has 2 rings (SSSR count). The molecule has 0 aliphatic carbocycles. The van der Waals surface area contributed by atoms with Crippen LogP contribution in [0.3, 0.4) is 0 Å². The number of anilines is 1. The number of rotatable bonds is 5. The molecule has 0 saturated carbocycles. The third-order valence-corrected chi connectivity index (χ3v) is 3.31. The molecule has 0 aliphatic rings. The molecule has 4 nitrogen and oxygen atoms in total. The highest BCUT2D eigenvalue weighted by Gasteiger charge is 2.14. The number of benzene rings is 1. The second-order valence-corrected chi connectivity index (χ2v) is 4.61. The van der Waals surface area contributed by atoms with E-state index in [-0.39, 0.29) is 0 Å². The van der Waals surface area contributed by atoms with E-state index in [1.165, 1.54) is 0 Å². The van der Waals surface area contributed by atoms with Crippen molar-refractivity contribution in [2.75, 3.05) is 18.5 Å². The summed E-state index contributed by atoms with van der Waals surface area (Å²) in [5.74, 6) is 1.70. The molecule has 0 bridgehead atoms. The Kier molecular flexibility index (Phi) is 4.56. The minimum Gasteiger partial charge on any atom is -0.493 e. The fourth-order valence-electron chi connectivity index (χ4n) is 2.14. The molecule has 106 valence electrons. The highest BCUT2D eigenvalue weighted by molar-refractivity contribution is 5.71. The molecule has 0 saturated heterocycles. The Balaban J connectivity index is 2.51. The normalized spacial score (nSPS) is 10.4. The van der Waals surface area contributed by atoms with E-state index in [1.54, 1.807) is 0 Å². The molecule has 0 aliphatic heterocycles. The topological polar surface area (TPSA) is 47.0 Å². The Hall–Kier alpha value is -2.10. The minimum absolute atomic E-state index is 0.637. The predicted octanol–water partition coefficient (Wildman–Crippen LogP) is 3.59. The van der Waals surface area contributed by atoms with Crippen molar-refractivity contribution < 1.29 is 4.74 Å². The molecule has 0 unspecified atom stereocenters. The molecule has 0 atom stereocenters. The van der Waals surface area contributed by atoms with Crippen LogP contribution in [-0.4, -0.2) is 23.3 Å². The monoisotopic (exact) mass is 271 g/mol. The maximum absolute atomic E-state index is 5.68. The van der Waals surface area contributed by atoms with Gasteiger partial charge in [-0.25, -0.2) is 0 Å². The van der Waals surface area contributed by atoms with Gasteiger partial charge in [-0.1, -0.05) is 12.1 Å². The van der Waals surface area contributed by atoms with Crippen LogP contribution in [0.5, 0.6) is 5.75 Å². The van der Waals surface area contributed by atoms with Gasteiger partial charge >= 0.3 is 0 Å². The molecule has 0 radical (unpaired) electrons. The van der Waals surface area contributed by atoms with Crippen LogP contribution in [0, 0.1) is 13.8 Å². The molecule has 1 aromatic carbocycles.